The van der Waals surface area contributed by atoms with E-state index < -0.39 is 0 Å². The third-order valence-corrected chi connectivity index (χ3v) is 14.9. The molecule has 6 nitrogen and oxygen atoms in total. The van der Waals surface area contributed by atoms with Crippen molar-refractivity contribution in [3.8, 4) is 5.75 Å². The van der Waals surface area contributed by atoms with Crippen LogP contribution in [0.15, 0.2) is 36.4 Å². The number of nitrogens with zero attached hydrogens (tertiary/aromatic N) is 4. The minimum atomic E-state index is -0.374. The lowest BCUT2D eigenvalue weighted by Gasteiger charge is -2.65. The van der Waals surface area contributed by atoms with Crippen molar-refractivity contribution in [2.24, 2.45) is 10.8 Å². The topological polar surface area (TPSA) is 44.1 Å². The number of rotatable bonds is 4. The summed E-state index contributed by atoms with van der Waals surface area (Å²) in [5.74, 6) is 0.483. The summed E-state index contributed by atoms with van der Waals surface area (Å²) >= 11 is 0. The molecule has 0 unspecified atom stereocenters. The lowest BCUT2D eigenvalue weighted by atomic mass is 9.57. The number of ether oxygens (including phenoxy) is 1. The number of benzene rings is 2. The Kier molecular flexibility index (Phi) is 5.56. The second-order valence-electron chi connectivity index (χ2n) is 15.8. The molecule has 8 heterocycles. The van der Waals surface area contributed by atoms with Crippen LogP contribution in [-0.2, 0) is 16.8 Å². The average Bonchev–Trinajstić information content (AvgIpc) is 3.68. The Balaban J connectivity index is 1.23. The van der Waals surface area contributed by atoms with E-state index in [4.69, 9.17) is 4.74 Å². The zero-order chi connectivity index (χ0) is 30.3. The van der Waals surface area contributed by atoms with Crippen molar-refractivity contribution >= 4 is 16.6 Å². The minimum Gasteiger partial charge on any atom is -0.508 e. The normalized spacial score (nSPS) is 38.2. The van der Waals surface area contributed by atoms with E-state index in [0.29, 0.717) is 11.8 Å². The number of aromatic nitrogens is 1. The standard InChI is InChI=1S/C39H50N4O2/c1-4-36-14-8-18-40-21-13-27-26-11-6-7-12-30(26)43(34(27)35(36)40)32(25-36)28-23-29-31(24-33(28)44)42-20-10-16-37(5-2)15-9-19-41-22-17-38(29,45-3)39(37,41)42/h6-7,11-12,23-24,32,35,44H,4-5,8-10,13-22,25H2,1-3H3/t32-,35-,36+,37+,38+,39+/m1/s1. The first-order valence-electron chi connectivity index (χ1n) is 18.3. The highest BCUT2D eigenvalue weighted by Crippen LogP contribution is 2.71. The van der Waals surface area contributed by atoms with Crippen LogP contribution in [0.4, 0.5) is 5.69 Å². The fraction of sp³-hybridized carbons (Fsp3) is 0.641. The first-order chi connectivity index (χ1) is 22.0. The smallest absolute Gasteiger partial charge is 0.133 e. The molecule has 6 heteroatoms. The molecule has 0 aliphatic carbocycles. The third-order valence-electron chi connectivity index (χ3n) is 14.9. The summed E-state index contributed by atoms with van der Waals surface area (Å²) in [6.45, 7) is 10.5. The minimum absolute atomic E-state index is 0.113. The Morgan fingerprint density at radius 1 is 0.911 bits per heavy atom. The highest BCUT2D eigenvalue weighted by atomic mass is 16.5. The number of anilines is 1. The second-order valence-corrected chi connectivity index (χ2v) is 15.8. The SMILES string of the molecule is CC[C@]12CCCN3CCc4c(n(c5ccccc45)[C@@H](c4cc5c(cc4O)N4CCC[C@]6(CC)CCCN7CC[C@@]5(OC)[C@@]746)C1)[C@@H]32. The zero-order valence-electron chi connectivity index (χ0n) is 27.6. The number of hydrogen-bond donors (Lipinski definition) is 1. The highest BCUT2D eigenvalue weighted by molar-refractivity contribution is 5.87. The molecule has 0 bridgehead atoms. The van der Waals surface area contributed by atoms with E-state index in [2.05, 4.69) is 69.5 Å². The molecule has 0 radical (unpaired) electrons. The molecule has 45 heavy (non-hydrogen) atoms. The van der Waals surface area contributed by atoms with Crippen LogP contribution in [-0.4, -0.2) is 65.0 Å². The Bertz CT molecular complexity index is 1730. The maximum atomic E-state index is 12.3. The molecule has 3 aromatic rings. The molecule has 1 N–H and O–H groups in total. The van der Waals surface area contributed by atoms with Gasteiger partial charge in [0.2, 0.25) is 0 Å². The largest absolute Gasteiger partial charge is 0.508 e. The van der Waals surface area contributed by atoms with Crippen LogP contribution in [0.2, 0.25) is 0 Å². The molecule has 6 atom stereocenters. The van der Waals surface area contributed by atoms with Gasteiger partial charge in [-0.05, 0) is 100 Å². The van der Waals surface area contributed by atoms with Crippen LogP contribution in [0.3, 0.4) is 0 Å². The molecule has 1 spiro atoms. The number of aromatic hydroxyl groups is 1. The maximum Gasteiger partial charge on any atom is 0.133 e. The number of phenolic OH excluding ortho intramolecular Hbond substituents is 1. The fourth-order valence-corrected chi connectivity index (χ4v) is 13.3. The zero-order valence-corrected chi connectivity index (χ0v) is 27.6. The van der Waals surface area contributed by atoms with Gasteiger partial charge in [0.05, 0.1) is 12.1 Å². The maximum absolute atomic E-state index is 12.3. The molecule has 0 saturated carbocycles. The fourth-order valence-electron chi connectivity index (χ4n) is 13.3. The van der Waals surface area contributed by atoms with Gasteiger partial charge in [-0.2, -0.15) is 0 Å². The molecule has 4 fully saturated rings. The summed E-state index contributed by atoms with van der Waals surface area (Å²) in [5, 5.41) is 13.7. The molecular formula is C39H50N4O2. The molecule has 7 aliphatic heterocycles. The van der Waals surface area contributed by atoms with E-state index in [1.165, 1.54) is 86.6 Å². The third kappa shape index (κ3) is 2.93. The van der Waals surface area contributed by atoms with Gasteiger partial charge in [-0.3, -0.25) is 9.80 Å². The van der Waals surface area contributed by atoms with E-state index in [1.807, 2.05) is 7.11 Å². The molecule has 10 rings (SSSR count). The molecule has 4 saturated heterocycles. The molecule has 0 amide bonds. The van der Waals surface area contributed by atoms with Crippen molar-refractivity contribution in [3.63, 3.8) is 0 Å². The Morgan fingerprint density at radius 2 is 1.73 bits per heavy atom. The number of para-hydroxylation sites is 1. The second kappa shape index (κ2) is 9.08. The quantitative estimate of drug-likeness (QED) is 0.334. The van der Waals surface area contributed by atoms with Crippen LogP contribution >= 0.6 is 0 Å². The number of hydrogen-bond acceptors (Lipinski definition) is 5. The van der Waals surface area contributed by atoms with Crippen molar-refractivity contribution < 1.29 is 9.84 Å². The van der Waals surface area contributed by atoms with Crippen LogP contribution in [0.25, 0.3) is 10.9 Å². The summed E-state index contributed by atoms with van der Waals surface area (Å²) in [5.41, 5.74) is 8.10. The van der Waals surface area contributed by atoms with Gasteiger partial charge < -0.3 is 19.3 Å². The molecular weight excluding hydrogens is 556 g/mol. The van der Waals surface area contributed by atoms with E-state index in [9.17, 15) is 5.11 Å². The van der Waals surface area contributed by atoms with E-state index >= 15 is 0 Å². The Hall–Kier alpha value is -2.54. The van der Waals surface area contributed by atoms with Gasteiger partial charge in [-0.25, -0.2) is 0 Å². The van der Waals surface area contributed by atoms with Crippen LogP contribution < -0.4 is 4.90 Å². The van der Waals surface area contributed by atoms with Crippen LogP contribution in [0, 0.1) is 10.8 Å². The average molecular weight is 607 g/mol. The molecule has 2 aromatic carbocycles. The monoisotopic (exact) mass is 606 g/mol. The van der Waals surface area contributed by atoms with Gasteiger partial charge in [0, 0.05) is 78.2 Å². The summed E-state index contributed by atoms with van der Waals surface area (Å²) < 4.78 is 9.68. The summed E-state index contributed by atoms with van der Waals surface area (Å²) in [6, 6.07) is 14.4. The number of fused-ring (bicyclic) bond motifs is 6. The van der Waals surface area contributed by atoms with Crippen molar-refractivity contribution in [3.05, 3.63) is 58.8 Å². The van der Waals surface area contributed by atoms with Crippen molar-refractivity contribution in [1.82, 2.24) is 14.4 Å². The van der Waals surface area contributed by atoms with E-state index in [1.54, 1.807) is 11.3 Å². The van der Waals surface area contributed by atoms with Crippen molar-refractivity contribution in [2.75, 3.05) is 44.7 Å². The van der Waals surface area contributed by atoms with Gasteiger partial charge in [-0.15, -0.1) is 0 Å². The highest BCUT2D eigenvalue weighted by Gasteiger charge is 2.77. The first kappa shape index (κ1) is 27.6. The number of methoxy groups -OCH3 is 1. The Labute approximate surface area is 268 Å². The van der Waals surface area contributed by atoms with E-state index in [0.717, 1.165) is 44.5 Å². The predicted octanol–water partition coefficient (Wildman–Crippen LogP) is 7.48. The predicted molar refractivity (Wildman–Crippen MR) is 179 cm³/mol. The van der Waals surface area contributed by atoms with Gasteiger partial charge in [0.1, 0.15) is 17.0 Å². The molecule has 1 aromatic heterocycles. The lowest BCUT2D eigenvalue weighted by Crippen LogP contribution is -2.76. The number of phenols is 1. The number of piperidine rings is 3. The van der Waals surface area contributed by atoms with Gasteiger partial charge in [0.15, 0.2) is 0 Å². The summed E-state index contributed by atoms with van der Waals surface area (Å²) in [6.07, 6.45) is 13.2. The van der Waals surface area contributed by atoms with E-state index in [-0.39, 0.29) is 28.1 Å². The van der Waals surface area contributed by atoms with Crippen molar-refractivity contribution in [1.29, 1.82) is 0 Å². The van der Waals surface area contributed by atoms with Gasteiger partial charge in [0.25, 0.3) is 0 Å². The van der Waals surface area contributed by atoms with Gasteiger partial charge >= 0.3 is 0 Å². The summed E-state index contributed by atoms with van der Waals surface area (Å²) in [4.78, 5) is 8.38. The Morgan fingerprint density at radius 3 is 2.56 bits per heavy atom. The van der Waals surface area contributed by atoms with Crippen LogP contribution in [0.5, 0.6) is 5.75 Å². The first-order valence-corrected chi connectivity index (χ1v) is 18.3. The van der Waals surface area contributed by atoms with Gasteiger partial charge in [-0.1, -0.05) is 32.0 Å². The molecule has 7 aliphatic rings. The van der Waals surface area contributed by atoms with Crippen molar-refractivity contribution in [2.45, 2.75) is 108 Å². The van der Waals surface area contributed by atoms with Crippen LogP contribution in [0.1, 0.15) is 113 Å². The summed E-state index contributed by atoms with van der Waals surface area (Å²) in [7, 11) is 1.99. The lowest BCUT2D eigenvalue weighted by molar-refractivity contribution is -0.181. The molecule has 238 valence electrons.